The second-order valence-electron chi connectivity index (χ2n) is 4.24. The zero-order valence-corrected chi connectivity index (χ0v) is 11.5. The van der Waals surface area contributed by atoms with Crippen LogP contribution < -0.4 is 15.3 Å². The Labute approximate surface area is 115 Å². The normalized spacial score (nSPS) is 15.2. The molecule has 0 aromatic heterocycles. The minimum absolute atomic E-state index is 0.833. The van der Waals surface area contributed by atoms with Crippen molar-refractivity contribution in [2.24, 2.45) is 0 Å². The van der Waals surface area contributed by atoms with Gasteiger partial charge in [0.1, 0.15) is 6.67 Å². The van der Waals surface area contributed by atoms with Crippen molar-refractivity contribution < 1.29 is 0 Å². The molecule has 2 aromatic carbocycles. The van der Waals surface area contributed by atoms with Gasteiger partial charge in [-0.3, -0.25) is 5.01 Å². The minimum Gasteiger partial charge on any atom is -0.338 e. The molecule has 1 fully saturated rings. The van der Waals surface area contributed by atoms with Crippen LogP contribution in [0.4, 0.5) is 11.4 Å². The van der Waals surface area contributed by atoms with Crippen LogP contribution in [0.5, 0.6) is 0 Å². The lowest BCUT2D eigenvalue weighted by atomic mass is 10.3. The summed E-state index contributed by atoms with van der Waals surface area (Å²) in [5.41, 5.74) is 5.80. The van der Waals surface area contributed by atoms with Crippen LogP contribution in [0.25, 0.3) is 0 Å². The topological polar surface area (TPSA) is 18.5 Å². The number of rotatable bonds is 2. The Morgan fingerprint density at radius 1 is 0.889 bits per heavy atom. The molecule has 1 N–H and O–H groups in total. The first-order chi connectivity index (χ1) is 8.83. The Bertz CT molecular complexity index is 512. The lowest BCUT2D eigenvalue weighted by molar-refractivity contribution is 0.787. The van der Waals surface area contributed by atoms with Crippen LogP contribution >= 0.6 is 15.9 Å². The summed E-state index contributed by atoms with van der Waals surface area (Å²) in [6.45, 7) is 1.69. The first-order valence-electron chi connectivity index (χ1n) is 5.89. The van der Waals surface area contributed by atoms with Gasteiger partial charge in [-0.2, -0.15) is 0 Å². The SMILES string of the molecule is Brc1ccc(N2CN(c3ccccc3)CN2)cc1. The van der Waals surface area contributed by atoms with Crippen molar-refractivity contribution in [1.29, 1.82) is 0 Å². The first kappa shape index (κ1) is 11.6. The van der Waals surface area contributed by atoms with E-state index in [0.29, 0.717) is 0 Å². The standard InChI is InChI=1S/C14H14BrN3/c15-12-6-8-14(9-7-12)18-11-17(10-16-18)13-4-2-1-3-5-13/h1-9,16H,10-11H2. The number of benzene rings is 2. The zero-order valence-electron chi connectivity index (χ0n) is 9.88. The molecule has 0 saturated carbocycles. The van der Waals surface area contributed by atoms with Crippen molar-refractivity contribution in [1.82, 2.24) is 5.43 Å². The predicted molar refractivity (Wildman–Crippen MR) is 78.4 cm³/mol. The van der Waals surface area contributed by atoms with Gasteiger partial charge in [0.05, 0.1) is 12.4 Å². The van der Waals surface area contributed by atoms with Gasteiger partial charge in [0.2, 0.25) is 0 Å². The summed E-state index contributed by atoms with van der Waals surface area (Å²) in [5, 5.41) is 2.15. The van der Waals surface area contributed by atoms with E-state index in [2.05, 4.69) is 79.8 Å². The fraction of sp³-hybridized carbons (Fsp3) is 0.143. The van der Waals surface area contributed by atoms with Gasteiger partial charge < -0.3 is 4.90 Å². The number of hydrogen-bond donors (Lipinski definition) is 1. The molecule has 0 amide bonds. The van der Waals surface area contributed by atoms with E-state index in [4.69, 9.17) is 0 Å². The predicted octanol–water partition coefficient (Wildman–Crippen LogP) is 3.20. The molecule has 1 saturated heterocycles. The summed E-state index contributed by atoms with van der Waals surface area (Å²) in [5.74, 6) is 0. The van der Waals surface area contributed by atoms with Gasteiger partial charge in [0.25, 0.3) is 0 Å². The number of nitrogens with zero attached hydrogens (tertiary/aromatic N) is 2. The van der Waals surface area contributed by atoms with Crippen LogP contribution in [0.1, 0.15) is 0 Å². The molecule has 4 heteroatoms. The minimum atomic E-state index is 0.833. The molecule has 1 aliphatic rings. The monoisotopic (exact) mass is 303 g/mol. The Hall–Kier alpha value is -1.52. The summed E-state index contributed by atoms with van der Waals surface area (Å²) in [6, 6.07) is 18.8. The summed E-state index contributed by atoms with van der Waals surface area (Å²) in [7, 11) is 0. The number of halogens is 1. The molecular weight excluding hydrogens is 290 g/mol. The van der Waals surface area contributed by atoms with Crippen molar-refractivity contribution in [3.05, 3.63) is 59.1 Å². The van der Waals surface area contributed by atoms with Gasteiger partial charge >= 0.3 is 0 Å². The van der Waals surface area contributed by atoms with Crippen molar-refractivity contribution in [2.75, 3.05) is 23.2 Å². The molecule has 18 heavy (non-hydrogen) atoms. The zero-order chi connectivity index (χ0) is 12.4. The molecule has 2 aromatic rings. The van der Waals surface area contributed by atoms with Crippen LogP contribution in [-0.4, -0.2) is 13.3 Å². The van der Waals surface area contributed by atoms with E-state index in [-0.39, 0.29) is 0 Å². The third-order valence-electron chi connectivity index (χ3n) is 3.02. The molecule has 3 nitrogen and oxygen atoms in total. The molecule has 1 heterocycles. The van der Waals surface area contributed by atoms with Crippen LogP contribution in [0.3, 0.4) is 0 Å². The van der Waals surface area contributed by atoms with Gasteiger partial charge in [-0.25, -0.2) is 5.43 Å². The van der Waals surface area contributed by atoms with E-state index in [0.717, 1.165) is 17.8 Å². The van der Waals surface area contributed by atoms with Crippen molar-refractivity contribution in [3.63, 3.8) is 0 Å². The van der Waals surface area contributed by atoms with Crippen LogP contribution in [-0.2, 0) is 0 Å². The summed E-state index contributed by atoms with van der Waals surface area (Å²) >= 11 is 3.45. The van der Waals surface area contributed by atoms with Gasteiger partial charge in [-0.15, -0.1) is 0 Å². The Balaban J connectivity index is 1.74. The number of nitrogens with one attached hydrogen (secondary N) is 1. The van der Waals surface area contributed by atoms with Crippen molar-refractivity contribution in [2.45, 2.75) is 0 Å². The lowest BCUT2D eigenvalue weighted by Crippen LogP contribution is -2.30. The van der Waals surface area contributed by atoms with Crippen LogP contribution in [0.2, 0.25) is 0 Å². The molecule has 0 radical (unpaired) electrons. The highest BCUT2D eigenvalue weighted by molar-refractivity contribution is 9.10. The van der Waals surface area contributed by atoms with Crippen LogP contribution in [0.15, 0.2) is 59.1 Å². The average Bonchev–Trinajstić information content (AvgIpc) is 2.90. The van der Waals surface area contributed by atoms with E-state index in [1.807, 2.05) is 6.07 Å². The molecule has 0 bridgehead atoms. The maximum absolute atomic E-state index is 3.45. The average molecular weight is 304 g/mol. The summed E-state index contributed by atoms with van der Waals surface area (Å²) < 4.78 is 1.10. The summed E-state index contributed by atoms with van der Waals surface area (Å²) in [6.07, 6.45) is 0. The van der Waals surface area contributed by atoms with E-state index in [1.165, 1.54) is 11.4 Å². The Morgan fingerprint density at radius 2 is 1.61 bits per heavy atom. The van der Waals surface area contributed by atoms with E-state index in [9.17, 15) is 0 Å². The Morgan fingerprint density at radius 3 is 2.33 bits per heavy atom. The second-order valence-corrected chi connectivity index (χ2v) is 5.15. The van der Waals surface area contributed by atoms with Gasteiger partial charge in [-0.1, -0.05) is 34.1 Å². The van der Waals surface area contributed by atoms with Gasteiger partial charge in [0.15, 0.2) is 0 Å². The number of hydrazine groups is 1. The highest BCUT2D eigenvalue weighted by Crippen LogP contribution is 2.22. The molecule has 1 aliphatic heterocycles. The van der Waals surface area contributed by atoms with Crippen molar-refractivity contribution >= 4 is 27.3 Å². The van der Waals surface area contributed by atoms with Crippen molar-refractivity contribution in [3.8, 4) is 0 Å². The van der Waals surface area contributed by atoms with Crippen LogP contribution in [0, 0.1) is 0 Å². The maximum atomic E-state index is 3.45. The molecule has 0 unspecified atom stereocenters. The maximum Gasteiger partial charge on any atom is 0.107 e. The lowest BCUT2D eigenvalue weighted by Gasteiger charge is -2.19. The van der Waals surface area contributed by atoms with E-state index in [1.54, 1.807) is 0 Å². The second kappa shape index (κ2) is 5.00. The van der Waals surface area contributed by atoms with Gasteiger partial charge in [0, 0.05) is 10.2 Å². The molecule has 92 valence electrons. The largest absolute Gasteiger partial charge is 0.338 e. The smallest absolute Gasteiger partial charge is 0.107 e. The number of hydrogen-bond acceptors (Lipinski definition) is 3. The molecule has 3 rings (SSSR count). The quantitative estimate of drug-likeness (QED) is 0.919. The number of anilines is 2. The summed E-state index contributed by atoms with van der Waals surface area (Å²) in [4.78, 5) is 2.29. The van der Waals surface area contributed by atoms with E-state index >= 15 is 0 Å². The third-order valence-corrected chi connectivity index (χ3v) is 3.55. The Kier molecular flexibility index (Phi) is 3.21. The highest BCUT2D eigenvalue weighted by Gasteiger charge is 2.19. The fourth-order valence-electron chi connectivity index (χ4n) is 2.05. The molecule has 0 aliphatic carbocycles. The molecule has 0 spiro atoms. The number of para-hydroxylation sites is 1. The third kappa shape index (κ3) is 2.35. The first-order valence-corrected chi connectivity index (χ1v) is 6.69. The van der Waals surface area contributed by atoms with E-state index < -0.39 is 0 Å². The molecule has 0 atom stereocenters. The fourth-order valence-corrected chi connectivity index (χ4v) is 2.31. The van der Waals surface area contributed by atoms with Gasteiger partial charge in [-0.05, 0) is 36.4 Å². The molecular formula is C14H14BrN3. The highest BCUT2D eigenvalue weighted by atomic mass is 79.9.